The van der Waals surface area contributed by atoms with Gasteiger partial charge in [-0.05, 0) is 0 Å². The molecular formula is C48H92SSi6Sn. The Morgan fingerprint density at radius 3 is 0.982 bits per heavy atom. The molecule has 0 nitrogen and oxygen atoms in total. The van der Waals surface area contributed by atoms with Crippen LogP contribution in [0, 0.1) is 0 Å². The van der Waals surface area contributed by atoms with Gasteiger partial charge in [0.1, 0.15) is 0 Å². The molecule has 0 bridgehead atoms. The van der Waals surface area contributed by atoms with E-state index < -0.39 is 65.4 Å². The Morgan fingerprint density at radius 2 is 0.714 bits per heavy atom. The van der Waals surface area contributed by atoms with Crippen molar-refractivity contribution in [3.8, 4) is 0 Å². The predicted molar refractivity (Wildman–Crippen MR) is 284 cm³/mol. The fourth-order valence-corrected chi connectivity index (χ4v) is 78.5. The molecule has 56 heavy (non-hydrogen) atoms. The molecule has 3 rings (SSSR count). The Labute approximate surface area is 363 Å². The van der Waals surface area contributed by atoms with Crippen LogP contribution in [-0.4, -0.2) is 71.2 Å². The Kier molecular flexibility index (Phi) is 15.9. The summed E-state index contributed by atoms with van der Waals surface area (Å²) in [6.07, 6.45) is 0. The molecule has 1 unspecified atom stereocenters. The predicted octanol–water partition coefficient (Wildman–Crippen LogP) is 15.7. The third-order valence-electron chi connectivity index (χ3n) is 13.1. The van der Waals surface area contributed by atoms with E-state index in [1.807, 2.05) is 18.3 Å². The van der Waals surface area contributed by atoms with E-state index in [0.29, 0.717) is 17.8 Å². The zero-order valence-electron chi connectivity index (χ0n) is 42.1. The van der Waals surface area contributed by atoms with E-state index in [-0.39, 0.29) is 0 Å². The van der Waals surface area contributed by atoms with Crippen molar-refractivity contribution in [1.82, 2.24) is 0 Å². The van der Waals surface area contributed by atoms with Crippen molar-refractivity contribution in [2.45, 2.75) is 211 Å². The van der Waals surface area contributed by atoms with Crippen molar-refractivity contribution >= 4 is 81.5 Å². The first kappa shape index (κ1) is 51.0. The van der Waals surface area contributed by atoms with Crippen LogP contribution in [0.3, 0.4) is 0 Å². The van der Waals surface area contributed by atoms with Gasteiger partial charge < -0.3 is 0 Å². The number of rotatable bonds is 14. The van der Waals surface area contributed by atoms with Crippen molar-refractivity contribution in [1.29, 1.82) is 0 Å². The molecular weight excluding hydrogens is 896 g/mol. The van der Waals surface area contributed by atoms with Crippen molar-refractivity contribution in [3.05, 3.63) is 68.8 Å². The number of hydrogen-bond donors (Lipinski definition) is 0. The first-order valence-corrected chi connectivity index (χ1v) is 53.4. The van der Waals surface area contributed by atoms with Gasteiger partial charge in [0.05, 0.1) is 0 Å². The molecule has 0 N–H and O–H groups in total. The van der Waals surface area contributed by atoms with Crippen LogP contribution >= 0.6 is 8.95 Å². The van der Waals surface area contributed by atoms with Gasteiger partial charge in [0.2, 0.25) is 0 Å². The molecule has 0 amide bonds. The molecule has 318 valence electrons. The maximum atomic E-state index is 3.03. The maximum absolute atomic E-state index is 3.74. The molecule has 0 saturated carbocycles. The van der Waals surface area contributed by atoms with E-state index >= 15 is 0 Å². The summed E-state index contributed by atoms with van der Waals surface area (Å²) >= 11 is -3.74. The second kappa shape index (κ2) is 17.4. The van der Waals surface area contributed by atoms with Gasteiger partial charge in [0.15, 0.2) is 0 Å². The van der Waals surface area contributed by atoms with Gasteiger partial charge in [-0.25, -0.2) is 0 Å². The minimum absolute atomic E-state index is 0.506. The van der Waals surface area contributed by atoms with Crippen LogP contribution in [0.4, 0.5) is 0 Å². The SMILES string of the molecule is CC1=C(C)[CH2][Sn]([c]2c(C(C)C)cc(C(C)C)cc2C(C)C)([c]2c(C([Si](C)(C)C)[Si](C)(C)C)cc(C([Si](C)(C)C)[Si](C)(C)C)cc2C([Si](C)(C)C)[Si](C)(C)C)[S]C1. The number of hydrogen-bond acceptors (Lipinski definition) is 1. The summed E-state index contributed by atoms with van der Waals surface area (Å²) < 4.78 is 5.29. The summed E-state index contributed by atoms with van der Waals surface area (Å²) in [6, 6.07) is 11.5. The summed E-state index contributed by atoms with van der Waals surface area (Å²) in [5.41, 5.74) is 14.0. The molecule has 0 aliphatic carbocycles. The topological polar surface area (TPSA) is 0 Å². The quantitative estimate of drug-likeness (QED) is 0.134. The van der Waals surface area contributed by atoms with Crippen molar-refractivity contribution < 1.29 is 0 Å². The number of allylic oxidation sites excluding steroid dienone is 1. The standard InChI is InChI=1S/C27H59Si6.C15H23.C6H11S.Sn/c1-28(2,3)25(29(4,5)6)22-19-23(26(30(7,8)9)31(10,11)12)21-24(20-22)27(32(13,14)15)33(16,17)18;1-10(2)13-7-14(11(3)4)9-15(8-13)12(5)6;1-5(2)6(3)4-7;/h19-20,25-27H,1-18H3;7-8,10-12H,1-6H3;7H,1,4H2,2-3H3;/q;;;+1/p-1. The zero-order valence-corrected chi connectivity index (χ0v) is 51.8. The van der Waals surface area contributed by atoms with E-state index in [2.05, 4.69) is 206 Å². The van der Waals surface area contributed by atoms with Crippen molar-refractivity contribution in [3.63, 3.8) is 0 Å². The normalized spacial score (nSPS) is 18.6. The second-order valence-electron chi connectivity index (χ2n) is 26.0. The van der Waals surface area contributed by atoms with Crippen LogP contribution in [0.1, 0.15) is 122 Å². The molecule has 8 heteroatoms. The number of benzene rings is 2. The molecule has 0 aromatic heterocycles. The molecule has 1 atom stereocenters. The fourth-order valence-electron chi connectivity index (χ4n) is 12.4. The summed E-state index contributed by atoms with van der Waals surface area (Å²) in [6.45, 7) is 69.4. The van der Waals surface area contributed by atoms with Gasteiger partial charge >= 0.3 is 367 Å². The molecule has 0 radical (unpaired) electrons. The third-order valence-corrected chi connectivity index (χ3v) is 62.1. The fraction of sp³-hybridized carbons (Fsp3) is 0.708. The Hall–Kier alpha value is 0.630. The van der Waals surface area contributed by atoms with Crippen LogP contribution in [0.15, 0.2) is 35.4 Å². The molecule has 1 aliphatic heterocycles. The van der Waals surface area contributed by atoms with Gasteiger partial charge in [-0.3, -0.25) is 0 Å². The van der Waals surface area contributed by atoms with Gasteiger partial charge in [-0.15, -0.1) is 0 Å². The van der Waals surface area contributed by atoms with Gasteiger partial charge in [0, 0.05) is 0 Å². The Balaban J connectivity index is 3.05. The third kappa shape index (κ3) is 11.0. The monoisotopic (exact) mass is 988 g/mol. The van der Waals surface area contributed by atoms with E-state index in [9.17, 15) is 0 Å². The Bertz CT molecular complexity index is 1620. The van der Waals surface area contributed by atoms with Gasteiger partial charge in [0.25, 0.3) is 0 Å². The zero-order chi connectivity index (χ0) is 43.7. The van der Waals surface area contributed by atoms with Crippen LogP contribution < -0.4 is 7.16 Å². The second-order valence-corrected chi connectivity index (χ2v) is 75.9. The molecule has 0 fully saturated rings. The van der Waals surface area contributed by atoms with Crippen LogP contribution in [0.2, 0.25) is 122 Å². The van der Waals surface area contributed by atoms with E-state index in [1.54, 1.807) is 33.4 Å². The summed E-state index contributed by atoms with van der Waals surface area (Å²) in [5.74, 6) is 2.76. The summed E-state index contributed by atoms with van der Waals surface area (Å²) in [5, 5.41) is 2.18. The van der Waals surface area contributed by atoms with Crippen LogP contribution in [0.25, 0.3) is 0 Å². The van der Waals surface area contributed by atoms with E-state index in [4.69, 9.17) is 0 Å². The summed E-state index contributed by atoms with van der Waals surface area (Å²) in [7, 11) is -7.37. The van der Waals surface area contributed by atoms with Crippen molar-refractivity contribution in [2.24, 2.45) is 0 Å². The minimum atomic E-state index is -3.74. The molecule has 1 heterocycles. The van der Waals surface area contributed by atoms with Crippen molar-refractivity contribution in [2.75, 3.05) is 5.75 Å². The van der Waals surface area contributed by atoms with Gasteiger partial charge in [-0.2, -0.15) is 0 Å². The first-order chi connectivity index (χ1) is 24.9. The molecule has 2 aromatic rings. The van der Waals surface area contributed by atoms with Gasteiger partial charge in [-0.1, -0.05) is 0 Å². The molecule has 0 spiro atoms. The average molecular weight is 989 g/mol. The van der Waals surface area contributed by atoms with Crippen LogP contribution in [0.5, 0.6) is 0 Å². The first-order valence-electron chi connectivity index (χ1n) is 22.5. The molecule has 0 saturated heterocycles. The molecule has 1 aliphatic rings. The average Bonchev–Trinajstić information content (AvgIpc) is 2.93. The van der Waals surface area contributed by atoms with Crippen LogP contribution in [-0.2, 0) is 0 Å². The van der Waals surface area contributed by atoms with E-state index in [1.165, 1.54) is 10.2 Å². The summed E-state index contributed by atoms with van der Waals surface area (Å²) in [4.78, 5) is 0. The van der Waals surface area contributed by atoms with E-state index in [0.717, 1.165) is 15.5 Å². The molecule has 2 aromatic carbocycles. The Morgan fingerprint density at radius 1 is 0.411 bits per heavy atom.